The van der Waals surface area contributed by atoms with E-state index in [1.165, 1.54) is 7.11 Å². The Morgan fingerprint density at radius 2 is 2.23 bits per heavy atom. The van der Waals surface area contributed by atoms with Crippen molar-refractivity contribution in [2.24, 2.45) is 0 Å². The SMILES string of the molecule is COc1ccccc1S(=O)(=O)N[C@@H]1CCN(c2nccs2)C1. The molecule has 1 aromatic heterocycles. The van der Waals surface area contributed by atoms with Crippen molar-refractivity contribution >= 4 is 26.5 Å². The second kappa shape index (κ2) is 6.23. The molecule has 3 rings (SSSR count). The molecule has 1 saturated heterocycles. The second-order valence-electron chi connectivity index (χ2n) is 5.02. The van der Waals surface area contributed by atoms with E-state index in [-0.39, 0.29) is 10.9 Å². The minimum absolute atomic E-state index is 0.126. The highest BCUT2D eigenvalue weighted by Crippen LogP contribution is 2.26. The molecule has 2 aromatic rings. The number of nitrogens with one attached hydrogen (secondary N) is 1. The van der Waals surface area contributed by atoms with Gasteiger partial charge in [-0.1, -0.05) is 12.1 Å². The standard InChI is InChI=1S/C14H17N3O3S2/c1-20-12-4-2-3-5-13(12)22(18,19)16-11-6-8-17(10-11)14-15-7-9-21-14/h2-5,7,9,11,16H,6,8,10H2,1H3/t11-/m1/s1. The summed E-state index contributed by atoms with van der Waals surface area (Å²) >= 11 is 1.56. The smallest absolute Gasteiger partial charge is 0.244 e. The highest BCUT2D eigenvalue weighted by atomic mass is 32.2. The van der Waals surface area contributed by atoms with Gasteiger partial charge in [-0.15, -0.1) is 11.3 Å². The maximum atomic E-state index is 12.5. The van der Waals surface area contributed by atoms with Crippen molar-refractivity contribution < 1.29 is 13.2 Å². The summed E-state index contributed by atoms with van der Waals surface area (Å²) in [6, 6.07) is 6.50. The molecule has 0 amide bonds. The van der Waals surface area contributed by atoms with Crippen LogP contribution in [0.2, 0.25) is 0 Å². The molecule has 1 atom stereocenters. The van der Waals surface area contributed by atoms with Crippen molar-refractivity contribution in [3.8, 4) is 5.75 Å². The Kier molecular flexibility index (Phi) is 4.32. The average molecular weight is 339 g/mol. The Hall–Kier alpha value is -1.64. The van der Waals surface area contributed by atoms with E-state index in [1.807, 2.05) is 5.38 Å². The highest BCUT2D eigenvalue weighted by molar-refractivity contribution is 7.89. The molecular formula is C14H17N3O3S2. The Bertz CT molecular complexity index is 732. The van der Waals surface area contributed by atoms with Crippen LogP contribution in [0.3, 0.4) is 0 Å². The van der Waals surface area contributed by atoms with Gasteiger partial charge in [-0.3, -0.25) is 0 Å². The molecule has 1 aromatic carbocycles. The fourth-order valence-corrected chi connectivity index (χ4v) is 4.64. The predicted molar refractivity (Wildman–Crippen MR) is 86.0 cm³/mol. The van der Waals surface area contributed by atoms with E-state index in [0.29, 0.717) is 12.3 Å². The molecule has 1 N–H and O–H groups in total. The fourth-order valence-electron chi connectivity index (χ4n) is 2.53. The number of sulfonamides is 1. The van der Waals surface area contributed by atoms with Crippen molar-refractivity contribution in [1.82, 2.24) is 9.71 Å². The molecule has 0 aliphatic carbocycles. The quantitative estimate of drug-likeness (QED) is 0.898. The van der Waals surface area contributed by atoms with Crippen molar-refractivity contribution in [1.29, 1.82) is 0 Å². The van der Waals surface area contributed by atoms with Crippen LogP contribution in [0.25, 0.3) is 0 Å². The zero-order valence-electron chi connectivity index (χ0n) is 12.1. The molecule has 6 nitrogen and oxygen atoms in total. The maximum Gasteiger partial charge on any atom is 0.244 e. The maximum absolute atomic E-state index is 12.5. The number of anilines is 1. The molecule has 118 valence electrons. The number of hydrogen-bond acceptors (Lipinski definition) is 6. The summed E-state index contributed by atoms with van der Waals surface area (Å²) in [4.78, 5) is 6.53. The Balaban J connectivity index is 1.73. The summed E-state index contributed by atoms with van der Waals surface area (Å²) in [6.07, 6.45) is 2.51. The number of ether oxygens (including phenoxy) is 1. The lowest BCUT2D eigenvalue weighted by Crippen LogP contribution is -2.37. The Labute approximate surface area is 133 Å². The van der Waals surface area contributed by atoms with Crippen molar-refractivity contribution in [3.63, 3.8) is 0 Å². The number of methoxy groups -OCH3 is 1. The van der Waals surface area contributed by atoms with Gasteiger partial charge >= 0.3 is 0 Å². The molecule has 0 spiro atoms. The number of rotatable bonds is 5. The van der Waals surface area contributed by atoms with Gasteiger partial charge in [0.2, 0.25) is 10.0 Å². The molecule has 1 aliphatic heterocycles. The van der Waals surface area contributed by atoms with E-state index in [2.05, 4.69) is 14.6 Å². The number of hydrogen-bond donors (Lipinski definition) is 1. The van der Waals surface area contributed by atoms with E-state index in [1.54, 1.807) is 41.8 Å². The molecule has 1 aliphatic rings. The van der Waals surface area contributed by atoms with Crippen LogP contribution in [0.5, 0.6) is 5.75 Å². The fraction of sp³-hybridized carbons (Fsp3) is 0.357. The van der Waals surface area contributed by atoms with Crippen LogP contribution in [0, 0.1) is 0 Å². The first-order chi connectivity index (χ1) is 10.6. The summed E-state index contributed by atoms with van der Waals surface area (Å²) < 4.78 is 33.0. The molecular weight excluding hydrogens is 322 g/mol. The lowest BCUT2D eigenvalue weighted by atomic mass is 10.3. The zero-order chi connectivity index (χ0) is 15.6. The topological polar surface area (TPSA) is 71.5 Å². The monoisotopic (exact) mass is 339 g/mol. The molecule has 0 saturated carbocycles. The molecule has 0 radical (unpaired) electrons. The van der Waals surface area contributed by atoms with Gasteiger partial charge in [-0.2, -0.15) is 0 Å². The number of thiazole rings is 1. The van der Waals surface area contributed by atoms with E-state index in [9.17, 15) is 8.42 Å². The van der Waals surface area contributed by atoms with Gasteiger partial charge in [0, 0.05) is 30.7 Å². The first kappa shape index (κ1) is 15.3. The van der Waals surface area contributed by atoms with Crippen LogP contribution in [-0.2, 0) is 10.0 Å². The van der Waals surface area contributed by atoms with Crippen LogP contribution in [-0.4, -0.2) is 39.6 Å². The molecule has 8 heteroatoms. The molecule has 0 bridgehead atoms. The van der Waals surface area contributed by atoms with Gasteiger partial charge in [0.05, 0.1) is 7.11 Å². The minimum atomic E-state index is -3.60. The summed E-state index contributed by atoms with van der Waals surface area (Å²) in [6.45, 7) is 1.43. The summed E-state index contributed by atoms with van der Waals surface area (Å²) in [5.41, 5.74) is 0. The van der Waals surface area contributed by atoms with Crippen LogP contribution in [0.1, 0.15) is 6.42 Å². The van der Waals surface area contributed by atoms with Crippen LogP contribution in [0.15, 0.2) is 40.7 Å². The summed E-state index contributed by atoms with van der Waals surface area (Å²) in [7, 11) is -2.13. The first-order valence-corrected chi connectivity index (χ1v) is 9.26. The van der Waals surface area contributed by atoms with E-state index >= 15 is 0 Å². The summed E-state index contributed by atoms with van der Waals surface area (Å²) in [5.74, 6) is 0.352. The lowest BCUT2D eigenvalue weighted by molar-refractivity contribution is 0.402. The Morgan fingerprint density at radius 1 is 1.41 bits per heavy atom. The van der Waals surface area contributed by atoms with Crippen molar-refractivity contribution in [2.75, 3.05) is 25.1 Å². The van der Waals surface area contributed by atoms with Crippen LogP contribution >= 0.6 is 11.3 Å². The van der Waals surface area contributed by atoms with Gasteiger partial charge in [0.15, 0.2) is 5.13 Å². The average Bonchev–Trinajstić information content (AvgIpc) is 3.17. The van der Waals surface area contributed by atoms with E-state index in [0.717, 1.165) is 18.1 Å². The zero-order valence-corrected chi connectivity index (χ0v) is 13.7. The summed E-state index contributed by atoms with van der Waals surface area (Å²) in [5, 5.41) is 2.85. The van der Waals surface area contributed by atoms with Crippen LogP contribution < -0.4 is 14.4 Å². The number of nitrogens with zero attached hydrogens (tertiary/aromatic N) is 2. The van der Waals surface area contributed by atoms with Gasteiger partial charge in [-0.25, -0.2) is 18.1 Å². The number of para-hydroxylation sites is 1. The minimum Gasteiger partial charge on any atom is -0.495 e. The van der Waals surface area contributed by atoms with Gasteiger partial charge in [-0.05, 0) is 18.6 Å². The van der Waals surface area contributed by atoms with E-state index < -0.39 is 10.0 Å². The molecule has 2 heterocycles. The first-order valence-electron chi connectivity index (χ1n) is 6.90. The lowest BCUT2D eigenvalue weighted by Gasteiger charge is -2.16. The van der Waals surface area contributed by atoms with Crippen molar-refractivity contribution in [3.05, 3.63) is 35.8 Å². The van der Waals surface area contributed by atoms with Gasteiger partial charge in [0.25, 0.3) is 0 Å². The number of benzene rings is 1. The predicted octanol–water partition coefficient (Wildman–Crippen LogP) is 1.71. The third kappa shape index (κ3) is 3.08. The highest BCUT2D eigenvalue weighted by Gasteiger charge is 2.29. The van der Waals surface area contributed by atoms with Gasteiger partial charge in [0.1, 0.15) is 10.6 Å². The van der Waals surface area contributed by atoms with Crippen molar-refractivity contribution in [2.45, 2.75) is 17.4 Å². The molecule has 22 heavy (non-hydrogen) atoms. The third-order valence-corrected chi connectivity index (χ3v) is 5.95. The molecule has 0 unspecified atom stereocenters. The largest absolute Gasteiger partial charge is 0.495 e. The number of aromatic nitrogens is 1. The van der Waals surface area contributed by atoms with E-state index in [4.69, 9.17) is 4.74 Å². The normalized spacial score (nSPS) is 18.6. The van der Waals surface area contributed by atoms with Crippen LogP contribution in [0.4, 0.5) is 5.13 Å². The Morgan fingerprint density at radius 3 is 2.95 bits per heavy atom. The molecule has 1 fully saturated rings. The second-order valence-corrected chi connectivity index (χ2v) is 7.57. The third-order valence-electron chi connectivity index (χ3n) is 3.56. The van der Waals surface area contributed by atoms with Gasteiger partial charge < -0.3 is 9.64 Å².